The highest BCUT2D eigenvalue weighted by Crippen LogP contribution is 2.14. The Morgan fingerprint density at radius 2 is 1.86 bits per heavy atom. The zero-order valence-electron chi connectivity index (χ0n) is 8.50. The summed E-state index contributed by atoms with van der Waals surface area (Å²) >= 11 is 0. The van der Waals surface area contributed by atoms with Gasteiger partial charge in [0, 0.05) is 12.4 Å². The van der Waals surface area contributed by atoms with E-state index in [-0.39, 0.29) is 5.88 Å². The molecule has 0 atom stereocenters. The fourth-order valence-electron chi connectivity index (χ4n) is 0.779. The van der Waals surface area contributed by atoms with Crippen molar-refractivity contribution in [2.45, 2.75) is 33.8 Å². The lowest BCUT2D eigenvalue weighted by Crippen LogP contribution is -2.06. The number of nitrogens with zero attached hydrogens (tertiary/aromatic N) is 2. The molecule has 1 rings (SSSR count). The molecule has 0 unspecified atom stereocenters. The Balaban J connectivity index is 0.000000791. The van der Waals surface area contributed by atoms with Crippen LogP contribution < -0.4 is 4.74 Å². The van der Waals surface area contributed by atoms with Gasteiger partial charge in [0.1, 0.15) is 5.69 Å². The Kier molecular flexibility index (Phi) is 6.53. The first-order valence-electron chi connectivity index (χ1n) is 4.48. The van der Waals surface area contributed by atoms with Gasteiger partial charge < -0.3 is 4.74 Å². The molecule has 1 aromatic heterocycles. The average Bonchev–Trinajstić information content (AvgIpc) is 2.21. The molecule has 80 valence electrons. The molecule has 0 aliphatic rings. The number of aryl methyl sites for hydroxylation is 1. The van der Waals surface area contributed by atoms with Gasteiger partial charge in [-0.1, -0.05) is 20.8 Å². The fraction of sp³-hybridized carbons (Fsp3) is 0.556. The third-order valence-electron chi connectivity index (χ3n) is 1.27. The number of halogens is 2. The Morgan fingerprint density at radius 1 is 1.29 bits per heavy atom. The molecular formula is C9H14F2N2O. The van der Waals surface area contributed by atoms with Crippen molar-refractivity contribution in [3.05, 3.63) is 18.1 Å². The van der Waals surface area contributed by atoms with Crippen LogP contribution >= 0.6 is 0 Å². The van der Waals surface area contributed by atoms with Crippen LogP contribution in [0, 0.1) is 0 Å². The van der Waals surface area contributed by atoms with E-state index in [1.165, 1.54) is 12.4 Å². The lowest BCUT2D eigenvalue weighted by atomic mass is 10.3. The van der Waals surface area contributed by atoms with E-state index in [0.717, 1.165) is 0 Å². The van der Waals surface area contributed by atoms with Gasteiger partial charge in [-0.2, -0.15) is 8.78 Å². The van der Waals surface area contributed by atoms with Crippen molar-refractivity contribution in [1.29, 1.82) is 0 Å². The molecule has 3 nitrogen and oxygen atoms in total. The summed E-state index contributed by atoms with van der Waals surface area (Å²) in [6, 6.07) is 0. The number of alkyl halides is 2. The van der Waals surface area contributed by atoms with Crippen molar-refractivity contribution in [3.8, 4) is 5.88 Å². The maximum Gasteiger partial charge on any atom is 0.388 e. The highest BCUT2D eigenvalue weighted by molar-refractivity contribution is 5.16. The van der Waals surface area contributed by atoms with Crippen LogP contribution in [0.5, 0.6) is 5.88 Å². The second-order valence-corrected chi connectivity index (χ2v) is 2.04. The summed E-state index contributed by atoms with van der Waals surface area (Å²) in [5.74, 6) is -0.0880. The number of aromatic nitrogens is 2. The highest BCUT2D eigenvalue weighted by Gasteiger charge is 2.09. The van der Waals surface area contributed by atoms with E-state index in [4.69, 9.17) is 0 Å². The normalized spacial score (nSPS) is 9.29. The molecule has 0 N–H and O–H groups in total. The molecule has 0 aromatic carbocycles. The Labute approximate surface area is 82.1 Å². The Bertz CT molecular complexity index is 256. The van der Waals surface area contributed by atoms with Gasteiger partial charge in [0.15, 0.2) is 0 Å². The summed E-state index contributed by atoms with van der Waals surface area (Å²) in [5.41, 5.74) is 0.442. The monoisotopic (exact) mass is 204 g/mol. The smallest absolute Gasteiger partial charge is 0.388 e. The van der Waals surface area contributed by atoms with Gasteiger partial charge in [-0.05, 0) is 6.42 Å². The fourth-order valence-corrected chi connectivity index (χ4v) is 0.779. The molecule has 0 bridgehead atoms. The van der Waals surface area contributed by atoms with Crippen molar-refractivity contribution >= 4 is 0 Å². The van der Waals surface area contributed by atoms with E-state index in [0.29, 0.717) is 12.1 Å². The molecule has 0 fully saturated rings. The second kappa shape index (κ2) is 7.17. The molecule has 1 aromatic rings. The molecule has 0 saturated heterocycles. The van der Waals surface area contributed by atoms with Crippen LogP contribution in [-0.4, -0.2) is 16.6 Å². The first-order valence-corrected chi connectivity index (χ1v) is 4.48. The number of ether oxygens (including phenoxy) is 1. The Hall–Kier alpha value is -1.26. The summed E-state index contributed by atoms with van der Waals surface area (Å²) in [6.45, 7) is 2.95. The Morgan fingerprint density at radius 3 is 2.36 bits per heavy atom. The van der Waals surface area contributed by atoms with Gasteiger partial charge in [-0.25, -0.2) is 4.98 Å². The molecule has 0 radical (unpaired) electrons. The summed E-state index contributed by atoms with van der Waals surface area (Å²) in [5, 5.41) is 0. The summed E-state index contributed by atoms with van der Waals surface area (Å²) in [6.07, 6.45) is 3.28. The SMILES string of the molecule is CC.CCc1nccnc1OC(F)F. The maximum absolute atomic E-state index is 11.7. The summed E-state index contributed by atoms with van der Waals surface area (Å²) in [4.78, 5) is 7.45. The van der Waals surface area contributed by atoms with Gasteiger partial charge in [0.05, 0.1) is 0 Å². The van der Waals surface area contributed by atoms with E-state index in [9.17, 15) is 8.78 Å². The van der Waals surface area contributed by atoms with Crippen molar-refractivity contribution < 1.29 is 13.5 Å². The van der Waals surface area contributed by atoms with Crippen molar-refractivity contribution in [2.75, 3.05) is 0 Å². The first kappa shape index (κ1) is 12.7. The second-order valence-electron chi connectivity index (χ2n) is 2.04. The number of hydrogen-bond acceptors (Lipinski definition) is 3. The van der Waals surface area contributed by atoms with E-state index >= 15 is 0 Å². The molecule has 1 heterocycles. The van der Waals surface area contributed by atoms with Crippen molar-refractivity contribution in [3.63, 3.8) is 0 Å². The van der Waals surface area contributed by atoms with Gasteiger partial charge in [0.25, 0.3) is 0 Å². The lowest BCUT2D eigenvalue weighted by molar-refractivity contribution is -0.0537. The molecule has 0 amide bonds. The van der Waals surface area contributed by atoms with Crippen LogP contribution in [0.2, 0.25) is 0 Å². The number of rotatable bonds is 3. The molecule has 0 aliphatic heterocycles. The van der Waals surface area contributed by atoms with Crippen LogP contribution in [0.1, 0.15) is 26.5 Å². The van der Waals surface area contributed by atoms with Crippen LogP contribution in [0.3, 0.4) is 0 Å². The van der Waals surface area contributed by atoms with Crippen LogP contribution in [-0.2, 0) is 6.42 Å². The van der Waals surface area contributed by atoms with E-state index in [1.807, 2.05) is 13.8 Å². The first-order chi connectivity index (χ1) is 6.74. The third-order valence-corrected chi connectivity index (χ3v) is 1.27. The summed E-state index contributed by atoms with van der Waals surface area (Å²) < 4.78 is 27.6. The largest absolute Gasteiger partial charge is 0.415 e. The minimum atomic E-state index is -2.84. The molecular weight excluding hydrogens is 190 g/mol. The zero-order chi connectivity index (χ0) is 11.0. The third kappa shape index (κ3) is 4.11. The quantitative estimate of drug-likeness (QED) is 0.759. The predicted octanol–water partition coefficient (Wildman–Crippen LogP) is 2.67. The maximum atomic E-state index is 11.7. The molecule has 0 spiro atoms. The molecule has 0 saturated carbocycles. The molecule has 0 aliphatic carbocycles. The van der Waals surface area contributed by atoms with Gasteiger partial charge >= 0.3 is 6.61 Å². The highest BCUT2D eigenvalue weighted by atomic mass is 19.3. The standard InChI is InChI=1S/C7H8F2N2O.C2H6/c1-2-5-6(12-7(8)9)11-4-3-10-5;1-2/h3-4,7H,2H2,1H3;1-2H3. The molecule has 5 heteroatoms. The van der Waals surface area contributed by atoms with E-state index in [2.05, 4.69) is 14.7 Å². The lowest BCUT2D eigenvalue weighted by Gasteiger charge is -2.05. The summed E-state index contributed by atoms with van der Waals surface area (Å²) in [7, 11) is 0. The predicted molar refractivity (Wildman–Crippen MR) is 49.4 cm³/mol. The van der Waals surface area contributed by atoms with Gasteiger partial charge in [-0.3, -0.25) is 4.98 Å². The minimum Gasteiger partial charge on any atom is -0.415 e. The van der Waals surface area contributed by atoms with Gasteiger partial charge in [-0.15, -0.1) is 0 Å². The molecule has 14 heavy (non-hydrogen) atoms. The minimum absolute atomic E-state index is 0.0880. The van der Waals surface area contributed by atoms with Crippen molar-refractivity contribution in [1.82, 2.24) is 9.97 Å². The van der Waals surface area contributed by atoms with Crippen LogP contribution in [0.15, 0.2) is 12.4 Å². The van der Waals surface area contributed by atoms with Crippen molar-refractivity contribution in [2.24, 2.45) is 0 Å². The van der Waals surface area contributed by atoms with E-state index in [1.54, 1.807) is 6.92 Å². The topological polar surface area (TPSA) is 35.0 Å². The zero-order valence-corrected chi connectivity index (χ0v) is 8.50. The van der Waals surface area contributed by atoms with E-state index < -0.39 is 6.61 Å². The average molecular weight is 204 g/mol. The van der Waals surface area contributed by atoms with Crippen LogP contribution in [0.25, 0.3) is 0 Å². The number of hydrogen-bond donors (Lipinski definition) is 0. The van der Waals surface area contributed by atoms with Crippen LogP contribution in [0.4, 0.5) is 8.78 Å². The van der Waals surface area contributed by atoms with Gasteiger partial charge in [0.2, 0.25) is 5.88 Å².